The highest BCUT2D eigenvalue weighted by molar-refractivity contribution is 6.35. The molecule has 0 unspecified atom stereocenters. The van der Waals surface area contributed by atoms with Gasteiger partial charge in [-0.1, -0.05) is 11.6 Å². The summed E-state index contributed by atoms with van der Waals surface area (Å²) in [6.07, 6.45) is 2.82. The van der Waals surface area contributed by atoms with Gasteiger partial charge < -0.3 is 19.5 Å². The maximum atomic E-state index is 11.6. The Bertz CT molecular complexity index is 1490. The van der Waals surface area contributed by atoms with Crippen LogP contribution >= 0.6 is 11.6 Å². The van der Waals surface area contributed by atoms with Crippen molar-refractivity contribution in [2.45, 2.75) is 32.9 Å². The van der Waals surface area contributed by atoms with E-state index in [0.29, 0.717) is 35.2 Å². The van der Waals surface area contributed by atoms with Crippen LogP contribution in [0.2, 0.25) is 5.02 Å². The Balaban J connectivity index is 1.55. The Hall–Kier alpha value is -3.63. The van der Waals surface area contributed by atoms with Gasteiger partial charge in [-0.2, -0.15) is 5.10 Å². The predicted octanol–water partition coefficient (Wildman–Crippen LogP) is 4.71. The molecule has 1 fully saturated rings. The van der Waals surface area contributed by atoms with Gasteiger partial charge >= 0.3 is 6.09 Å². The molecule has 0 spiro atoms. The zero-order chi connectivity index (χ0) is 26.4. The van der Waals surface area contributed by atoms with Crippen LogP contribution in [-0.2, 0) is 11.8 Å². The number of amides is 1. The van der Waals surface area contributed by atoms with Gasteiger partial charge in [0.15, 0.2) is 12.4 Å². The number of rotatable bonds is 5. The van der Waals surface area contributed by atoms with Crippen molar-refractivity contribution >= 4 is 45.3 Å². The van der Waals surface area contributed by atoms with Crippen molar-refractivity contribution in [3.8, 4) is 17.0 Å². The van der Waals surface area contributed by atoms with E-state index in [2.05, 4.69) is 15.0 Å². The SMILES string of the molecule is COCOc1c(-c2cc(Cl)c3cc(N4C[C@@H](C)N(C(=O)O)[C@@H](C)C4)cnc3n2)cc2cn(C)nc2c1C. The third-order valence-electron chi connectivity index (χ3n) is 6.80. The number of benzene rings is 1. The van der Waals surface area contributed by atoms with Crippen LogP contribution in [0.5, 0.6) is 5.75 Å². The molecule has 4 aromatic rings. The standard InChI is InChI=1S/C26H29ClN6O4/c1-14-10-32(11-15(2)33(14)26(34)35)18-7-19-21(27)8-22(29-25(19)28-9-18)20-6-17-12-31(4)30-23(17)16(3)24(20)37-13-36-5/h6-9,12,14-15H,10-11,13H2,1-5H3,(H,34,35)/t14-,15+. The number of carboxylic acid groups (broad SMARTS) is 1. The van der Waals surface area contributed by atoms with Gasteiger partial charge in [-0.15, -0.1) is 0 Å². The van der Waals surface area contributed by atoms with Crippen LogP contribution in [0.1, 0.15) is 19.4 Å². The Kier molecular flexibility index (Phi) is 6.55. The zero-order valence-electron chi connectivity index (χ0n) is 21.4. The number of hydrogen-bond donors (Lipinski definition) is 1. The second kappa shape index (κ2) is 9.68. The summed E-state index contributed by atoms with van der Waals surface area (Å²) >= 11 is 6.80. The van der Waals surface area contributed by atoms with Gasteiger partial charge in [0.1, 0.15) is 5.75 Å². The molecule has 4 heterocycles. The predicted molar refractivity (Wildman–Crippen MR) is 142 cm³/mol. The summed E-state index contributed by atoms with van der Waals surface area (Å²) in [5, 5.41) is 16.3. The summed E-state index contributed by atoms with van der Waals surface area (Å²) in [6, 6.07) is 5.48. The van der Waals surface area contributed by atoms with E-state index in [1.807, 2.05) is 52.2 Å². The number of anilines is 1. The van der Waals surface area contributed by atoms with E-state index in [1.54, 1.807) is 18.0 Å². The fraction of sp³-hybridized carbons (Fsp3) is 0.385. The molecule has 0 bridgehead atoms. The van der Waals surface area contributed by atoms with Gasteiger partial charge in [-0.3, -0.25) is 9.58 Å². The van der Waals surface area contributed by atoms with Gasteiger partial charge in [0.25, 0.3) is 0 Å². The fourth-order valence-corrected chi connectivity index (χ4v) is 5.45. The minimum absolute atomic E-state index is 0.0844. The number of nitrogens with zero attached hydrogens (tertiary/aromatic N) is 6. The molecule has 0 saturated carbocycles. The first-order valence-electron chi connectivity index (χ1n) is 12.0. The molecule has 5 rings (SSSR count). The number of methoxy groups -OCH3 is 1. The molecule has 1 aliphatic rings. The molecule has 37 heavy (non-hydrogen) atoms. The van der Waals surface area contributed by atoms with Gasteiger partial charge in [0.05, 0.1) is 40.2 Å². The number of pyridine rings is 2. The van der Waals surface area contributed by atoms with Crippen LogP contribution in [0.3, 0.4) is 0 Å². The monoisotopic (exact) mass is 524 g/mol. The minimum Gasteiger partial charge on any atom is -0.466 e. The van der Waals surface area contributed by atoms with Crippen LogP contribution < -0.4 is 9.64 Å². The van der Waals surface area contributed by atoms with Crippen molar-refractivity contribution in [3.63, 3.8) is 0 Å². The Morgan fingerprint density at radius 1 is 1.22 bits per heavy atom. The number of ether oxygens (including phenoxy) is 2. The molecule has 0 radical (unpaired) electrons. The summed E-state index contributed by atoms with van der Waals surface area (Å²) in [4.78, 5) is 24.7. The molecule has 1 aliphatic heterocycles. The topological polar surface area (TPSA) is 106 Å². The minimum atomic E-state index is -0.899. The maximum absolute atomic E-state index is 11.6. The van der Waals surface area contributed by atoms with Crippen molar-refractivity contribution in [1.82, 2.24) is 24.6 Å². The first kappa shape index (κ1) is 25.0. The smallest absolute Gasteiger partial charge is 0.407 e. The van der Waals surface area contributed by atoms with Crippen LogP contribution in [0.15, 0.2) is 30.6 Å². The Morgan fingerprint density at radius 3 is 2.62 bits per heavy atom. The molecule has 2 atom stereocenters. The number of carbonyl (C=O) groups is 1. The molecular weight excluding hydrogens is 496 g/mol. The van der Waals surface area contributed by atoms with Crippen molar-refractivity contribution in [2.75, 3.05) is 31.9 Å². The van der Waals surface area contributed by atoms with Gasteiger partial charge in [0, 0.05) is 55.3 Å². The Morgan fingerprint density at radius 2 is 1.95 bits per heavy atom. The molecule has 11 heteroatoms. The molecule has 10 nitrogen and oxygen atoms in total. The van der Waals surface area contributed by atoms with Crippen LogP contribution in [0, 0.1) is 6.92 Å². The second-order valence-electron chi connectivity index (χ2n) is 9.52. The van der Waals surface area contributed by atoms with E-state index in [4.69, 9.17) is 26.1 Å². The lowest BCUT2D eigenvalue weighted by Crippen LogP contribution is -2.58. The van der Waals surface area contributed by atoms with Crippen molar-refractivity contribution < 1.29 is 19.4 Å². The van der Waals surface area contributed by atoms with Gasteiger partial charge in [-0.25, -0.2) is 14.8 Å². The second-order valence-corrected chi connectivity index (χ2v) is 9.92. The lowest BCUT2D eigenvalue weighted by atomic mass is 10.0. The third kappa shape index (κ3) is 4.51. The first-order chi connectivity index (χ1) is 17.7. The highest BCUT2D eigenvalue weighted by atomic mass is 35.5. The molecule has 0 aliphatic carbocycles. The molecule has 1 amide bonds. The normalized spacial score (nSPS) is 18.1. The third-order valence-corrected chi connectivity index (χ3v) is 7.11. The van der Waals surface area contributed by atoms with Crippen LogP contribution in [-0.4, -0.2) is 74.9 Å². The average molecular weight is 525 g/mol. The highest BCUT2D eigenvalue weighted by Crippen LogP contribution is 2.39. The average Bonchev–Trinajstić information content (AvgIpc) is 3.23. The summed E-state index contributed by atoms with van der Waals surface area (Å²) in [7, 11) is 3.45. The largest absolute Gasteiger partial charge is 0.466 e. The van der Waals surface area contributed by atoms with E-state index >= 15 is 0 Å². The zero-order valence-corrected chi connectivity index (χ0v) is 22.2. The lowest BCUT2D eigenvalue weighted by molar-refractivity contribution is 0.0511. The number of piperazine rings is 1. The van der Waals surface area contributed by atoms with Gasteiger partial charge in [0.2, 0.25) is 0 Å². The van der Waals surface area contributed by atoms with Crippen molar-refractivity contribution in [1.29, 1.82) is 0 Å². The van der Waals surface area contributed by atoms with E-state index in [1.165, 1.54) is 4.90 Å². The van der Waals surface area contributed by atoms with Gasteiger partial charge in [-0.05, 0) is 39.0 Å². The summed E-state index contributed by atoms with van der Waals surface area (Å²) in [5.74, 6) is 0.631. The van der Waals surface area contributed by atoms with Crippen molar-refractivity contribution in [2.24, 2.45) is 7.05 Å². The number of aryl methyl sites for hydroxylation is 2. The summed E-state index contributed by atoms with van der Waals surface area (Å²) < 4.78 is 12.9. The first-order valence-corrected chi connectivity index (χ1v) is 12.4. The quantitative estimate of drug-likeness (QED) is 0.374. The number of aromatic nitrogens is 4. The number of halogens is 1. The number of fused-ring (bicyclic) bond motifs is 2. The highest BCUT2D eigenvalue weighted by Gasteiger charge is 2.33. The molecule has 194 valence electrons. The van der Waals surface area contributed by atoms with Crippen molar-refractivity contribution in [3.05, 3.63) is 41.2 Å². The summed E-state index contributed by atoms with van der Waals surface area (Å²) in [5.41, 5.74) is 4.53. The van der Waals surface area contributed by atoms with E-state index < -0.39 is 6.09 Å². The molecule has 1 aromatic carbocycles. The van der Waals surface area contributed by atoms with E-state index in [0.717, 1.165) is 33.1 Å². The number of hydrogen-bond acceptors (Lipinski definition) is 7. The fourth-order valence-electron chi connectivity index (χ4n) is 5.21. The van der Waals surface area contributed by atoms with E-state index in [9.17, 15) is 9.90 Å². The lowest BCUT2D eigenvalue weighted by Gasteiger charge is -2.43. The molecular formula is C26H29ClN6O4. The molecule has 3 aromatic heterocycles. The summed E-state index contributed by atoms with van der Waals surface area (Å²) in [6.45, 7) is 7.01. The van der Waals surface area contributed by atoms with E-state index in [-0.39, 0.29) is 18.9 Å². The molecule has 1 N–H and O–H groups in total. The Labute approximate surface area is 219 Å². The van der Waals surface area contributed by atoms with Crippen LogP contribution in [0.25, 0.3) is 33.2 Å². The van der Waals surface area contributed by atoms with Crippen LogP contribution in [0.4, 0.5) is 10.5 Å². The molecule has 1 saturated heterocycles. The maximum Gasteiger partial charge on any atom is 0.407 e.